The lowest BCUT2D eigenvalue weighted by molar-refractivity contribution is 0.00932. The summed E-state index contributed by atoms with van der Waals surface area (Å²) in [6, 6.07) is 4.75. The fraction of sp³-hybridized carbons (Fsp3) is 0.667. The zero-order valence-electron chi connectivity index (χ0n) is 14.9. The van der Waals surface area contributed by atoms with E-state index in [1.807, 2.05) is 44.9 Å². The minimum Gasteiger partial charge on any atom is -0.444 e. The lowest BCUT2D eigenvalue weighted by Crippen LogP contribution is -2.50. The predicted molar refractivity (Wildman–Crippen MR) is 91.2 cm³/mol. The van der Waals surface area contributed by atoms with E-state index in [0.29, 0.717) is 6.04 Å². The van der Waals surface area contributed by atoms with Crippen LogP contribution in [0.3, 0.4) is 0 Å². The highest BCUT2D eigenvalue weighted by Crippen LogP contribution is 2.20. The molecule has 0 radical (unpaired) electrons. The van der Waals surface area contributed by atoms with Crippen molar-refractivity contribution in [1.82, 2.24) is 15.2 Å². The molecule has 1 amide bonds. The van der Waals surface area contributed by atoms with Crippen molar-refractivity contribution < 1.29 is 9.53 Å². The number of nitrogens with one attached hydrogen (secondary N) is 1. The first-order valence-corrected chi connectivity index (χ1v) is 8.39. The second-order valence-electron chi connectivity index (χ2n) is 7.43. The summed E-state index contributed by atoms with van der Waals surface area (Å²) in [7, 11) is 0. The molecule has 1 aromatic heterocycles. The van der Waals surface area contributed by atoms with E-state index in [0.717, 1.165) is 31.6 Å². The van der Waals surface area contributed by atoms with Crippen LogP contribution in [0.4, 0.5) is 4.79 Å². The van der Waals surface area contributed by atoms with E-state index in [1.54, 1.807) is 0 Å². The Morgan fingerprint density at radius 1 is 1.43 bits per heavy atom. The molecular weight excluding hydrogens is 290 g/mol. The second-order valence-corrected chi connectivity index (χ2v) is 7.43. The lowest BCUT2D eigenvalue weighted by Gasteiger charge is -2.38. The van der Waals surface area contributed by atoms with Crippen LogP contribution < -0.4 is 5.32 Å². The molecule has 0 saturated carbocycles. The molecule has 1 fully saturated rings. The molecule has 2 atom stereocenters. The number of carbonyl (C=O) groups is 1. The number of carbonyl (C=O) groups excluding carboxylic acids is 1. The summed E-state index contributed by atoms with van der Waals surface area (Å²) in [4.78, 5) is 18.4. The monoisotopic (exact) mass is 319 g/mol. The molecule has 0 aliphatic carbocycles. The molecule has 5 heteroatoms. The van der Waals surface area contributed by atoms with E-state index < -0.39 is 5.60 Å². The van der Waals surface area contributed by atoms with Gasteiger partial charge >= 0.3 is 6.09 Å². The van der Waals surface area contributed by atoms with Gasteiger partial charge in [-0.05, 0) is 59.1 Å². The van der Waals surface area contributed by atoms with E-state index in [-0.39, 0.29) is 12.1 Å². The molecule has 128 valence electrons. The number of rotatable bonds is 3. The van der Waals surface area contributed by atoms with Crippen LogP contribution in [-0.4, -0.2) is 40.2 Å². The van der Waals surface area contributed by atoms with Crippen molar-refractivity contribution in [3.63, 3.8) is 0 Å². The summed E-state index contributed by atoms with van der Waals surface area (Å²) in [6.45, 7) is 11.3. The fourth-order valence-corrected chi connectivity index (χ4v) is 2.81. The number of aromatic nitrogens is 1. The van der Waals surface area contributed by atoms with Crippen molar-refractivity contribution in [3.8, 4) is 0 Å². The van der Waals surface area contributed by atoms with Gasteiger partial charge in [0, 0.05) is 37.1 Å². The number of ether oxygens (including phenoxy) is 1. The van der Waals surface area contributed by atoms with Crippen molar-refractivity contribution in [2.45, 2.75) is 71.7 Å². The summed E-state index contributed by atoms with van der Waals surface area (Å²) >= 11 is 0. The van der Waals surface area contributed by atoms with E-state index in [9.17, 15) is 4.79 Å². The van der Waals surface area contributed by atoms with Crippen molar-refractivity contribution in [1.29, 1.82) is 0 Å². The van der Waals surface area contributed by atoms with Crippen LogP contribution in [0.1, 0.15) is 51.8 Å². The molecule has 2 rings (SSSR count). The fourth-order valence-electron chi connectivity index (χ4n) is 2.81. The molecule has 23 heavy (non-hydrogen) atoms. The lowest BCUT2D eigenvalue weighted by atomic mass is 9.98. The first-order chi connectivity index (χ1) is 10.7. The minimum absolute atomic E-state index is 0.187. The van der Waals surface area contributed by atoms with Crippen LogP contribution in [0.15, 0.2) is 18.3 Å². The van der Waals surface area contributed by atoms with Crippen LogP contribution in [0, 0.1) is 6.92 Å². The molecule has 5 nitrogen and oxygen atoms in total. The molecule has 0 aromatic carbocycles. The molecule has 0 bridgehead atoms. The van der Waals surface area contributed by atoms with Crippen LogP contribution in [-0.2, 0) is 11.3 Å². The Labute approximate surface area is 139 Å². The van der Waals surface area contributed by atoms with Gasteiger partial charge in [0.15, 0.2) is 0 Å². The van der Waals surface area contributed by atoms with Crippen LogP contribution in [0.5, 0.6) is 0 Å². The topological polar surface area (TPSA) is 54.5 Å². The number of hydrogen-bond acceptors (Lipinski definition) is 4. The van der Waals surface area contributed by atoms with E-state index in [1.165, 1.54) is 5.56 Å². The van der Waals surface area contributed by atoms with Crippen molar-refractivity contribution >= 4 is 6.09 Å². The average Bonchev–Trinajstić information content (AvgIpc) is 2.45. The Hall–Kier alpha value is -1.62. The van der Waals surface area contributed by atoms with E-state index in [4.69, 9.17) is 4.74 Å². The highest BCUT2D eigenvalue weighted by Gasteiger charge is 2.31. The summed E-state index contributed by atoms with van der Waals surface area (Å²) < 4.78 is 5.48. The van der Waals surface area contributed by atoms with Gasteiger partial charge in [0.1, 0.15) is 5.60 Å². The van der Waals surface area contributed by atoms with Gasteiger partial charge in [-0.2, -0.15) is 0 Å². The average molecular weight is 319 g/mol. The van der Waals surface area contributed by atoms with Gasteiger partial charge in [0.25, 0.3) is 0 Å². The SMILES string of the molecule is Cc1ccc(CNC2CCN(C(=O)OC(C)(C)C)C(C)C2)cn1. The quantitative estimate of drug-likeness (QED) is 0.929. The smallest absolute Gasteiger partial charge is 0.410 e. The standard InChI is InChI=1S/C18H29N3O2/c1-13-6-7-15(11-19-13)12-20-16-8-9-21(14(2)10-16)17(22)23-18(3,4)5/h6-7,11,14,16,20H,8-10,12H2,1-5H3. The normalized spacial score (nSPS) is 22.0. The highest BCUT2D eigenvalue weighted by atomic mass is 16.6. The molecule has 2 heterocycles. The summed E-state index contributed by atoms with van der Waals surface area (Å²) in [5.41, 5.74) is 1.79. The second kappa shape index (κ2) is 7.30. The molecule has 1 saturated heterocycles. The largest absolute Gasteiger partial charge is 0.444 e. The zero-order chi connectivity index (χ0) is 17.0. The van der Waals surface area contributed by atoms with Gasteiger partial charge in [0.2, 0.25) is 0 Å². The number of aryl methyl sites for hydroxylation is 1. The molecule has 1 N–H and O–H groups in total. The van der Waals surface area contributed by atoms with E-state index in [2.05, 4.69) is 23.3 Å². The van der Waals surface area contributed by atoms with Gasteiger partial charge in [-0.15, -0.1) is 0 Å². The Bertz CT molecular complexity index is 522. The molecular formula is C18H29N3O2. The first kappa shape index (κ1) is 17.7. The maximum atomic E-state index is 12.2. The number of pyridine rings is 1. The van der Waals surface area contributed by atoms with Gasteiger partial charge in [-0.1, -0.05) is 6.07 Å². The van der Waals surface area contributed by atoms with Crippen LogP contribution >= 0.6 is 0 Å². The summed E-state index contributed by atoms with van der Waals surface area (Å²) in [5.74, 6) is 0. The van der Waals surface area contributed by atoms with Crippen molar-refractivity contribution in [2.24, 2.45) is 0 Å². The summed E-state index contributed by atoms with van der Waals surface area (Å²) in [6.07, 6.45) is 3.61. The molecule has 1 aromatic rings. The van der Waals surface area contributed by atoms with Gasteiger partial charge < -0.3 is 15.0 Å². The van der Waals surface area contributed by atoms with Gasteiger partial charge in [0.05, 0.1) is 0 Å². The van der Waals surface area contributed by atoms with Crippen molar-refractivity contribution in [3.05, 3.63) is 29.6 Å². The van der Waals surface area contributed by atoms with Crippen LogP contribution in [0.2, 0.25) is 0 Å². The van der Waals surface area contributed by atoms with Gasteiger partial charge in [-0.25, -0.2) is 4.79 Å². The number of piperidine rings is 1. The molecule has 1 aliphatic heterocycles. The third-order valence-corrected chi connectivity index (χ3v) is 4.07. The zero-order valence-corrected chi connectivity index (χ0v) is 14.9. The highest BCUT2D eigenvalue weighted by molar-refractivity contribution is 5.68. The van der Waals surface area contributed by atoms with E-state index >= 15 is 0 Å². The molecule has 0 spiro atoms. The summed E-state index contributed by atoms with van der Waals surface area (Å²) in [5, 5.41) is 3.58. The van der Waals surface area contributed by atoms with Crippen molar-refractivity contribution in [2.75, 3.05) is 6.54 Å². The maximum absolute atomic E-state index is 12.2. The predicted octanol–water partition coefficient (Wildman–Crippen LogP) is 3.27. The molecule has 1 aliphatic rings. The number of nitrogens with zero attached hydrogens (tertiary/aromatic N) is 2. The van der Waals surface area contributed by atoms with Crippen LogP contribution in [0.25, 0.3) is 0 Å². The number of hydrogen-bond donors (Lipinski definition) is 1. The number of likely N-dealkylation sites (tertiary alicyclic amines) is 1. The first-order valence-electron chi connectivity index (χ1n) is 8.39. The number of amides is 1. The Morgan fingerprint density at radius 3 is 2.74 bits per heavy atom. The Morgan fingerprint density at radius 2 is 2.17 bits per heavy atom. The Balaban J connectivity index is 1.81. The third kappa shape index (κ3) is 5.50. The Kier molecular flexibility index (Phi) is 5.63. The minimum atomic E-state index is -0.440. The molecule has 2 unspecified atom stereocenters. The van der Waals surface area contributed by atoms with Gasteiger partial charge in [-0.3, -0.25) is 4.98 Å². The third-order valence-electron chi connectivity index (χ3n) is 4.07. The maximum Gasteiger partial charge on any atom is 0.410 e.